The van der Waals surface area contributed by atoms with Crippen molar-refractivity contribution in [2.24, 2.45) is 5.92 Å². The van der Waals surface area contributed by atoms with Gasteiger partial charge in [-0.3, -0.25) is 4.79 Å². The molecule has 23 heavy (non-hydrogen) atoms. The molecule has 3 rings (SSSR count). The van der Waals surface area contributed by atoms with Crippen LogP contribution in [0.25, 0.3) is 0 Å². The molecule has 2 fully saturated rings. The van der Waals surface area contributed by atoms with E-state index in [9.17, 15) is 14.4 Å². The maximum atomic E-state index is 12.6. The van der Waals surface area contributed by atoms with Crippen LogP contribution in [0.3, 0.4) is 0 Å². The first-order valence-electron chi connectivity index (χ1n) is 7.36. The number of nitrogens with zero attached hydrogens (tertiary/aromatic N) is 1. The maximum Gasteiger partial charge on any atom is 0.417 e. The highest BCUT2D eigenvalue weighted by Crippen LogP contribution is 2.38. The molecule has 2 heterocycles. The minimum atomic E-state index is -1.33. The van der Waals surface area contributed by atoms with E-state index in [-0.39, 0.29) is 18.3 Å². The van der Waals surface area contributed by atoms with Gasteiger partial charge in [0, 0.05) is 10.6 Å². The maximum absolute atomic E-state index is 12.6. The molecule has 0 aromatic heterocycles. The first kappa shape index (κ1) is 15.9. The van der Waals surface area contributed by atoms with Gasteiger partial charge < -0.3 is 9.47 Å². The number of fused-ring (bicyclic) bond motifs is 1. The number of carbonyl (C=O) groups excluding carboxylic acids is 3. The Hall–Kier alpha value is -2.02. The molecule has 1 unspecified atom stereocenters. The number of carbonyl (C=O) groups is 3. The van der Waals surface area contributed by atoms with Crippen molar-refractivity contribution >= 4 is 29.7 Å². The van der Waals surface area contributed by atoms with Crippen LogP contribution in [0.2, 0.25) is 0 Å². The number of hydrogen-bond donors (Lipinski definition) is 0. The van der Waals surface area contributed by atoms with Crippen LogP contribution < -0.4 is 0 Å². The zero-order valence-corrected chi connectivity index (χ0v) is 13.7. The average molecular weight is 335 g/mol. The van der Waals surface area contributed by atoms with Crippen LogP contribution in [-0.2, 0) is 19.1 Å². The second kappa shape index (κ2) is 5.88. The van der Waals surface area contributed by atoms with Gasteiger partial charge in [-0.2, -0.15) is 0 Å². The third-order valence-electron chi connectivity index (χ3n) is 4.20. The summed E-state index contributed by atoms with van der Waals surface area (Å²) in [7, 11) is 0. The van der Waals surface area contributed by atoms with E-state index in [2.05, 4.69) is 0 Å². The monoisotopic (exact) mass is 335 g/mol. The fourth-order valence-corrected chi connectivity index (χ4v) is 3.68. The standard InChI is InChI=1S/C16H17NO5S/c1-10(2)16-9-21-15(20)17(16)13(18)12(22-14(16)19)8-23-11-6-4-3-5-7-11/h3-7,10,12H,8-9H2,1-2H3/t12?,16-/m0/s1. The first-order chi connectivity index (χ1) is 11.0. The Morgan fingerprint density at radius 1 is 1.26 bits per heavy atom. The number of morpholine rings is 1. The molecule has 0 N–H and O–H groups in total. The van der Waals surface area contributed by atoms with Gasteiger partial charge in [0.25, 0.3) is 5.91 Å². The van der Waals surface area contributed by atoms with Crippen LogP contribution in [0, 0.1) is 5.92 Å². The van der Waals surface area contributed by atoms with E-state index in [0.717, 1.165) is 9.80 Å². The molecular formula is C16H17NO5S. The van der Waals surface area contributed by atoms with Crippen molar-refractivity contribution in [3.63, 3.8) is 0 Å². The number of imide groups is 1. The molecule has 122 valence electrons. The van der Waals surface area contributed by atoms with Crippen molar-refractivity contribution in [3.05, 3.63) is 30.3 Å². The molecule has 0 spiro atoms. The largest absolute Gasteiger partial charge is 0.449 e. The number of amides is 2. The van der Waals surface area contributed by atoms with Gasteiger partial charge in [0.1, 0.15) is 6.61 Å². The summed E-state index contributed by atoms with van der Waals surface area (Å²) in [5.74, 6) is -1.11. The second-order valence-corrected chi connectivity index (χ2v) is 6.92. The third-order valence-corrected chi connectivity index (χ3v) is 5.27. The molecule has 7 heteroatoms. The molecule has 2 atom stereocenters. The number of cyclic esters (lactones) is 2. The zero-order chi connectivity index (χ0) is 16.6. The van der Waals surface area contributed by atoms with E-state index in [0.29, 0.717) is 0 Å². The summed E-state index contributed by atoms with van der Waals surface area (Å²) in [5, 5.41) is 0. The molecule has 1 aromatic carbocycles. The molecule has 0 aliphatic carbocycles. The molecule has 1 aromatic rings. The number of benzene rings is 1. The molecule has 2 amide bonds. The molecule has 6 nitrogen and oxygen atoms in total. The lowest BCUT2D eigenvalue weighted by Crippen LogP contribution is -2.67. The van der Waals surface area contributed by atoms with Crippen molar-refractivity contribution in [1.82, 2.24) is 4.90 Å². The smallest absolute Gasteiger partial charge is 0.417 e. The average Bonchev–Trinajstić information content (AvgIpc) is 2.90. The Bertz CT molecular complexity index is 647. The van der Waals surface area contributed by atoms with Crippen LogP contribution in [0.5, 0.6) is 0 Å². The summed E-state index contributed by atoms with van der Waals surface area (Å²) in [5.41, 5.74) is -1.33. The zero-order valence-electron chi connectivity index (χ0n) is 12.9. The van der Waals surface area contributed by atoms with Crippen molar-refractivity contribution < 1.29 is 23.9 Å². The van der Waals surface area contributed by atoms with Gasteiger partial charge in [0.2, 0.25) is 0 Å². The van der Waals surface area contributed by atoms with E-state index in [1.807, 2.05) is 30.3 Å². The van der Waals surface area contributed by atoms with Crippen LogP contribution in [-0.4, -0.2) is 46.9 Å². The summed E-state index contributed by atoms with van der Waals surface area (Å²) in [6.07, 6.45) is -1.75. The quantitative estimate of drug-likeness (QED) is 0.620. The highest BCUT2D eigenvalue weighted by Gasteiger charge is 2.64. The van der Waals surface area contributed by atoms with Crippen molar-refractivity contribution in [3.8, 4) is 0 Å². The Morgan fingerprint density at radius 3 is 2.61 bits per heavy atom. The van der Waals surface area contributed by atoms with E-state index in [1.165, 1.54) is 11.8 Å². The molecule has 0 saturated carbocycles. The Morgan fingerprint density at radius 2 is 1.96 bits per heavy atom. The Balaban J connectivity index is 1.80. The molecule has 2 aliphatic rings. The van der Waals surface area contributed by atoms with E-state index < -0.39 is 29.6 Å². The van der Waals surface area contributed by atoms with E-state index in [4.69, 9.17) is 9.47 Å². The molecule has 0 radical (unpaired) electrons. The topological polar surface area (TPSA) is 72.9 Å². The van der Waals surface area contributed by atoms with Crippen LogP contribution in [0.1, 0.15) is 13.8 Å². The lowest BCUT2D eigenvalue weighted by atomic mass is 9.84. The van der Waals surface area contributed by atoms with Gasteiger partial charge in [-0.15, -0.1) is 11.8 Å². The molecule has 0 bridgehead atoms. The Kier molecular flexibility index (Phi) is 4.06. The fourth-order valence-electron chi connectivity index (χ4n) is 2.78. The van der Waals surface area contributed by atoms with E-state index >= 15 is 0 Å². The molecule has 2 saturated heterocycles. The highest BCUT2D eigenvalue weighted by atomic mass is 32.2. The second-order valence-electron chi connectivity index (χ2n) is 5.83. The minimum Gasteiger partial charge on any atom is -0.449 e. The first-order valence-corrected chi connectivity index (χ1v) is 8.35. The lowest BCUT2D eigenvalue weighted by molar-refractivity contribution is -0.182. The lowest BCUT2D eigenvalue weighted by Gasteiger charge is -2.41. The van der Waals surface area contributed by atoms with E-state index in [1.54, 1.807) is 13.8 Å². The van der Waals surface area contributed by atoms with Crippen molar-refractivity contribution in [2.75, 3.05) is 12.4 Å². The summed E-state index contributed by atoms with van der Waals surface area (Å²) < 4.78 is 10.3. The predicted molar refractivity (Wildman–Crippen MR) is 82.8 cm³/mol. The van der Waals surface area contributed by atoms with Gasteiger partial charge in [-0.05, 0) is 18.1 Å². The van der Waals surface area contributed by atoms with Crippen LogP contribution >= 0.6 is 11.8 Å². The van der Waals surface area contributed by atoms with Gasteiger partial charge in [-0.25, -0.2) is 14.5 Å². The Labute approximate surface area is 138 Å². The predicted octanol–water partition coefficient (Wildman–Crippen LogP) is 2.08. The number of ether oxygens (including phenoxy) is 2. The van der Waals surface area contributed by atoms with Crippen molar-refractivity contribution in [1.29, 1.82) is 0 Å². The number of thioether (sulfide) groups is 1. The highest BCUT2D eigenvalue weighted by molar-refractivity contribution is 7.99. The molecule has 2 aliphatic heterocycles. The van der Waals surface area contributed by atoms with Gasteiger partial charge in [0.15, 0.2) is 11.6 Å². The fraction of sp³-hybridized carbons (Fsp3) is 0.438. The summed E-state index contributed by atoms with van der Waals surface area (Å²) in [6, 6.07) is 9.48. The SMILES string of the molecule is CC(C)[C@]12COC(=O)N1C(=O)C(CSc1ccccc1)OC2=O. The minimum absolute atomic E-state index is 0.146. The van der Waals surface area contributed by atoms with Gasteiger partial charge in [-0.1, -0.05) is 32.0 Å². The van der Waals surface area contributed by atoms with Crippen molar-refractivity contribution in [2.45, 2.75) is 30.4 Å². The van der Waals surface area contributed by atoms with Crippen LogP contribution in [0.15, 0.2) is 35.2 Å². The summed E-state index contributed by atoms with van der Waals surface area (Å²) in [6.45, 7) is 3.39. The molecular weight excluding hydrogens is 318 g/mol. The number of esters is 1. The van der Waals surface area contributed by atoms with Gasteiger partial charge in [0.05, 0.1) is 0 Å². The normalized spacial score (nSPS) is 27.0. The van der Waals surface area contributed by atoms with Gasteiger partial charge >= 0.3 is 12.1 Å². The van der Waals surface area contributed by atoms with Crippen LogP contribution in [0.4, 0.5) is 4.79 Å². The number of rotatable bonds is 4. The summed E-state index contributed by atoms with van der Waals surface area (Å²) >= 11 is 1.40. The number of hydrogen-bond acceptors (Lipinski definition) is 6. The summed E-state index contributed by atoms with van der Waals surface area (Å²) in [4.78, 5) is 39.0. The third kappa shape index (κ3) is 2.49.